The van der Waals surface area contributed by atoms with Crippen LogP contribution in [0.2, 0.25) is 0 Å². The second-order valence-electron chi connectivity index (χ2n) is 12.8. The van der Waals surface area contributed by atoms with Gasteiger partial charge in [-0.05, 0) is 95.4 Å². The maximum absolute atomic E-state index is 13.7. The number of carbonyl (C=O) groups excluding carboxylic acids is 3. The summed E-state index contributed by atoms with van der Waals surface area (Å²) in [6.45, 7) is 3.02. The SMILES string of the molecule is COC(=O)[C@]12O[C@@]1(CC=C(C)C[C@H](CC1CCC(O)CC1)C1CCNC(N)C1)C(=O)C1CCCCC1C2=O. The number of aliphatic hydroxyl groups is 1. The lowest BCUT2D eigenvalue weighted by molar-refractivity contribution is -0.156. The quantitative estimate of drug-likeness (QED) is 0.189. The number of esters is 1. The number of piperidine rings is 1. The minimum Gasteiger partial charge on any atom is -0.466 e. The Labute approximate surface area is 226 Å². The molecule has 7 atom stereocenters. The maximum Gasteiger partial charge on any atom is 0.349 e. The summed E-state index contributed by atoms with van der Waals surface area (Å²) in [4.78, 5) is 40.2. The molecule has 5 rings (SSSR count). The zero-order chi connectivity index (χ0) is 27.1. The summed E-state index contributed by atoms with van der Waals surface area (Å²) in [6, 6.07) is 0. The molecular formula is C30H46N2O6. The van der Waals surface area contributed by atoms with Crippen LogP contribution in [-0.4, -0.2) is 59.8 Å². The van der Waals surface area contributed by atoms with Crippen molar-refractivity contribution in [3.05, 3.63) is 11.6 Å². The number of epoxide rings is 1. The van der Waals surface area contributed by atoms with E-state index in [-0.39, 0.29) is 36.2 Å². The van der Waals surface area contributed by atoms with E-state index < -0.39 is 23.1 Å². The van der Waals surface area contributed by atoms with Gasteiger partial charge in [-0.1, -0.05) is 24.5 Å². The molecule has 2 saturated heterocycles. The van der Waals surface area contributed by atoms with Gasteiger partial charge in [0.05, 0.1) is 19.4 Å². The van der Waals surface area contributed by atoms with Crippen LogP contribution >= 0.6 is 0 Å². The Kier molecular flexibility index (Phi) is 8.17. The Morgan fingerprint density at radius 1 is 1.13 bits per heavy atom. The molecule has 38 heavy (non-hydrogen) atoms. The van der Waals surface area contributed by atoms with Gasteiger partial charge in [0.15, 0.2) is 17.2 Å². The van der Waals surface area contributed by atoms with Crippen molar-refractivity contribution < 1.29 is 29.0 Å². The summed E-state index contributed by atoms with van der Waals surface area (Å²) < 4.78 is 11.0. The first-order valence-electron chi connectivity index (χ1n) is 14.9. The van der Waals surface area contributed by atoms with E-state index in [2.05, 4.69) is 12.2 Å². The van der Waals surface area contributed by atoms with Crippen molar-refractivity contribution in [2.24, 2.45) is 35.3 Å². The van der Waals surface area contributed by atoms with E-state index in [4.69, 9.17) is 15.2 Å². The summed E-state index contributed by atoms with van der Waals surface area (Å²) in [5, 5.41) is 13.3. The van der Waals surface area contributed by atoms with Gasteiger partial charge in [0.25, 0.3) is 5.60 Å². The van der Waals surface area contributed by atoms with E-state index in [1.165, 1.54) is 7.11 Å². The van der Waals surface area contributed by atoms with E-state index in [0.717, 1.165) is 76.3 Å². The predicted molar refractivity (Wildman–Crippen MR) is 142 cm³/mol. The van der Waals surface area contributed by atoms with Crippen molar-refractivity contribution in [2.75, 3.05) is 13.7 Å². The number of hydrogen-bond acceptors (Lipinski definition) is 8. The van der Waals surface area contributed by atoms with Crippen molar-refractivity contribution in [1.29, 1.82) is 0 Å². The maximum atomic E-state index is 13.7. The van der Waals surface area contributed by atoms with Crippen LogP contribution in [0.5, 0.6) is 0 Å². The fourth-order valence-electron chi connectivity index (χ4n) is 8.24. The van der Waals surface area contributed by atoms with Crippen molar-refractivity contribution in [3.63, 3.8) is 0 Å². The molecule has 5 aliphatic rings. The van der Waals surface area contributed by atoms with Gasteiger partial charge in [-0.15, -0.1) is 0 Å². The van der Waals surface area contributed by atoms with Crippen molar-refractivity contribution >= 4 is 17.5 Å². The minimum atomic E-state index is -1.77. The summed E-state index contributed by atoms with van der Waals surface area (Å²) in [5.74, 6) is -0.249. The second kappa shape index (κ2) is 11.1. The number of allylic oxidation sites excluding steroid dienone is 1. The Balaban J connectivity index is 1.33. The van der Waals surface area contributed by atoms with Gasteiger partial charge in [-0.3, -0.25) is 9.59 Å². The second-order valence-corrected chi connectivity index (χ2v) is 12.8. The first-order valence-corrected chi connectivity index (χ1v) is 14.9. The smallest absolute Gasteiger partial charge is 0.349 e. The number of carbonyl (C=O) groups is 3. The first kappa shape index (κ1) is 27.9. The number of Topliss-reactive ketones (excluding diaryl/α,β-unsaturated/α-hetero) is 2. The average molecular weight is 531 g/mol. The van der Waals surface area contributed by atoms with Crippen molar-refractivity contribution in [3.8, 4) is 0 Å². The van der Waals surface area contributed by atoms with E-state index in [1.54, 1.807) is 0 Å². The van der Waals surface area contributed by atoms with Crippen LogP contribution in [0.4, 0.5) is 0 Å². The number of fused-ring (bicyclic) bond motifs is 2. The number of nitrogens with one attached hydrogen (secondary N) is 1. The third-order valence-electron chi connectivity index (χ3n) is 10.4. The lowest BCUT2D eigenvalue weighted by Crippen LogP contribution is -2.58. The largest absolute Gasteiger partial charge is 0.466 e. The van der Waals surface area contributed by atoms with Gasteiger partial charge in [0.2, 0.25) is 0 Å². The Morgan fingerprint density at radius 2 is 1.82 bits per heavy atom. The Morgan fingerprint density at radius 3 is 2.47 bits per heavy atom. The molecule has 0 aromatic carbocycles. The molecule has 212 valence electrons. The van der Waals surface area contributed by atoms with Crippen LogP contribution in [0.3, 0.4) is 0 Å². The molecule has 2 aliphatic heterocycles. The topological polar surface area (TPSA) is 131 Å². The van der Waals surface area contributed by atoms with Crippen LogP contribution in [0.15, 0.2) is 11.6 Å². The van der Waals surface area contributed by atoms with E-state index in [1.807, 2.05) is 6.08 Å². The lowest BCUT2D eigenvalue weighted by atomic mass is 9.61. The third kappa shape index (κ3) is 4.91. The van der Waals surface area contributed by atoms with Gasteiger partial charge in [0.1, 0.15) is 0 Å². The van der Waals surface area contributed by atoms with E-state index >= 15 is 0 Å². The highest BCUT2D eigenvalue weighted by atomic mass is 16.7. The summed E-state index contributed by atoms with van der Waals surface area (Å²) in [5.41, 5.74) is 4.25. The van der Waals surface area contributed by atoms with Crippen LogP contribution in [0.1, 0.15) is 90.4 Å². The standard InChI is InChI=1S/C30H46N2O6/c1-18(15-21(20-12-14-32-25(31)17-20)16-19-7-9-22(33)10-8-19)11-13-29-26(34)23-5-3-4-6-24(23)27(35)30(29,38-29)28(36)37-2/h11,19-25,32-33H,3-10,12-17,31H2,1-2H3/t19?,20?,21-,22?,23?,24?,25?,29+,30+/m1/s1. The molecule has 8 nitrogen and oxygen atoms in total. The summed E-state index contributed by atoms with van der Waals surface area (Å²) >= 11 is 0. The molecule has 3 aliphatic carbocycles. The molecule has 0 radical (unpaired) electrons. The molecule has 3 saturated carbocycles. The van der Waals surface area contributed by atoms with Crippen molar-refractivity contribution in [2.45, 2.75) is 114 Å². The number of hydrogen-bond donors (Lipinski definition) is 3. The third-order valence-corrected chi connectivity index (χ3v) is 10.4. The number of ether oxygens (including phenoxy) is 2. The van der Waals surface area contributed by atoms with Crippen LogP contribution < -0.4 is 11.1 Å². The molecule has 4 N–H and O–H groups in total. The normalized spacial score (nSPS) is 42.2. The summed E-state index contributed by atoms with van der Waals surface area (Å²) in [6.07, 6.45) is 13.2. The average Bonchev–Trinajstić information content (AvgIpc) is 3.63. The van der Waals surface area contributed by atoms with Crippen molar-refractivity contribution in [1.82, 2.24) is 5.32 Å². The predicted octanol–water partition coefficient (Wildman–Crippen LogP) is 3.19. The number of nitrogens with two attached hydrogens (primary N) is 1. The zero-order valence-corrected chi connectivity index (χ0v) is 23.1. The summed E-state index contributed by atoms with van der Waals surface area (Å²) in [7, 11) is 1.26. The molecule has 2 heterocycles. The number of aliphatic hydroxyl groups excluding tert-OH is 1. The first-order chi connectivity index (χ1) is 18.2. The zero-order valence-electron chi connectivity index (χ0n) is 23.1. The van der Waals surface area contributed by atoms with Gasteiger partial charge in [-0.2, -0.15) is 0 Å². The van der Waals surface area contributed by atoms with Gasteiger partial charge >= 0.3 is 5.97 Å². The van der Waals surface area contributed by atoms with Crippen LogP contribution in [-0.2, 0) is 23.9 Å². The molecule has 0 spiro atoms. The highest BCUT2D eigenvalue weighted by Crippen LogP contribution is 2.61. The molecule has 0 aromatic heterocycles. The Hall–Kier alpha value is -1.61. The fourth-order valence-corrected chi connectivity index (χ4v) is 8.24. The van der Waals surface area contributed by atoms with E-state index in [9.17, 15) is 19.5 Å². The molecular weight excluding hydrogens is 484 g/mol. The van der Waals surface area contributed by atoms with Gasteiger partial charge < -0.3 is 25.6 Å². The molecule has 0 bridgehead atoms. The molecule has 0 aromatic rings. The van der Waals surface area contributed by atoms with Crippen LogP contribution in [0, 0.1) is 29.6 Å². The van der Waals surface area contributed by atoms with E-state index in [0.29, 0.717) is 30.6 Å². The number of ketones is 2. The fraction of sp³-hybridized carbons (Fsp3) is 0.833. The number of methoxy groups -OCH3 is 1. The minimum absolute atomic E-state index is 0.0162. The lowest BCUT2D eigenvalue weighted by Gasteiger charge is -2.37. The number of rotatable bonds is 8. The molecule has 4 unspecified atom stereocenters. The Bertz CT molecular complexity index is 958. The van der Waals surface area contributed by atoms with Crippen LogP contribution in [0.25, 0.3) is 0 Å². The van der Waals surface area contributed by atoms with Gasteiger partial charge in [-0.25, -0.2) is 4.79 Å². The highest BCUT2D eigenvalue weighted by Gasteiger charge is 2.86. The van der Waals surface area contributed by atoms with Gasteiger partial charge in [0, 0.05) is 18.3 Å². The molecule has 0 amide bonds. The highest BCUT2D eigenvalue weighted by molar-refractivity contribution is 6.23. The molecule has 8 heteroatoms. The monoisotopic (exact) mass is 530 g/mol. The molecule has 5 fully saturated rings.